The summed E-state index contributed by atoms with van der Waals surface area (Å²) in [6.07, 6.45) is 2.89. The maximum Gasteiger partial charge on any atom is 0.328 e. The van der Waals surface area contributed by atoms with E-state index in [0.29, 0.717) is 6.61 Å². The van der Waals surface area contributed by atoms with Crippen molar-refractivity contribution in [1.29, 1.82) is 0 Å². The van der Waals surface area contributed by atoms with Crippen LogP contribution in [-0.4, -0.2) is 30.4 Å². The summed E-state index contributed by atoms with van der Waals surface area (Å²) in [4.78, 5) is 10.3. The Labute approximate surface area is 93.1 Å². The van der Waals surface area contributed by atoms with Crippen LogP contribution < -0.4 is 4.74 Å². The molecule has 1 fully saturated rings. The minimum Gasteiger partial charge on any atom is -0.491 e. The van der Waals surface area contributed by atoms with E-state index in [-0.39, 0.29) is 6.10 Å². The van der Waals surface area contributed by atoms with Gasteiger partial charge in [-0.2, -0.15) is 0 Å². The fourth-order valence-electron chi connectivity index (χ4n) is 1.20. The molecular weight excluding hydrogens is 208 g/mol. The number of ether oxygens (including phenoxy) is 2. The molecule has 4 nitrogen and oxygen atoms in total. The summed E-state index contributed by atoms with van der Waals surface area (Å²) < 4.78 is 10.5. The fraction of sp³-hybridized carbons (Fsp3) is 0.250. The Morgan fingerprint density at radius 2 is 2.19 bits per heavy atom. The van der Waals surface area contributed by atoms with Crippen LogP contribution in [0.1, 0.15) is 5.56 Å². The van der Waals surface area contributed by atoms with E-state index in [0.717, 1.165) is 24.0 Å². The van der Waals surface area contributed by atoms with Gasteiger partial charge in [-0.1, -0.05) is 12.1 Å². The van der Waals surface area contributed by atoms with Crippen LogP contribution in [0.5, 0.6) is 5.75 Å². The van der Waals surface area contributed by atoms with Crippen LogP contribution in [-0.2, 0) is 9.53 Å². The molecule has 1 aromatic carbocycles. The molecule has 84 valence electrons. The Hall–Kier alpha value is -1.81. The number of benzene rings is 1. The van der Waals surface area contributed by atoms with Gasteiger partial charge in [0, 0.05) is 6.08 Å². The van der Waals surface area contributed by atoms with Crippen LogP contribution in [0.3, 0.4) is 0 Å². The molecule has 0 bridgehead atoms. The summed E-state index contributed by atoms with van der Waals surface area (Å²) in [6.45, 7) is 1.35. The lowest BCUT2D eigenvalue weighted by molar-refractivity contribution is -0.131. The third-order valence-electron chi connectivity index (χ3n) is 2.14. The number of epoxide rings is 1. The zero-order chi connectivity index (χ0) is 11.4. The van der Waals surface area contributed by atoms with Crippen molar-refractivity contribution in [1.82, 2.24) is 0 Å². The van der Waals surface area contributed by atoms with Gasteiger partial charge in [-0.05, 0) is 23.8 Å². The van der Waals surface area contributed by atoms with E-state index in [4.69, 9.17) is 14.6 Å². The standard InChI is InChI=1S/C12H12O4/c13-12(14)6-3-9-1-4-10(5-2-9)15-7-11-8-16-11/h1-6,11H,7-8H2,(H,13,14)/b6-3+. The number of hydrogen-bond acceptors (Lipinski definition) is 3. The summed E-state index contributed by atoms with van der Waals surface area (Å²) in [5, 5.41) is 8.46. The smallest absolute Gasteiger partial charge is 0.328 e. The first-order chi connectivity index (χ1) is 7.74. The highest BCUT2D eigenvalue weighted by Gasteiger charge is 2.22. The molecule has 0 radical (unpaired) electrons. The van der Waals surface area contributed by atoms with Gasteiger partial charge in [-0.3, -0.25) is 0 Å². The summed E-state index contributed by atoms with van der Waals surface area (Å²) in [5.41, 5.74) is 0.831. The van der Waals surface area contributed by atoms with E-state index in [1.165, 1.54) is 6.08 Å². The molecule has 0 aromatic heterocycles. The Kier molecular flexibility index (Phi) is 3.22. The van der Waals surface area contributed by atoms with E-state index in [2.05, 4.69) is 0 Å². The van der Waals surface area contributed by atoms with E-state index < -0.39 is 5.97 Å². The first-order valence-corrected chi connectivity index (χ1v) is 4.99. The molecule has 1 saturated heterocycles. The van der Waals surface area contributed by atoms with Crippen LogP contribution in [0.25, 0.3) is 6.08 Å². The molecule has 1 N–H and O–H groups in total. The number of hydrogen-bond donors (Lipinski definition) is 1. The quantitative estimate of drug-likeness (QED) is 0.604. The van der Waals surface area contributed by atoms with E-state index in [1.807, 2.05) is 24.3 Å². The molecule has 0 amide bonds. The highest BCUT2D eigenvalue weighted by atomic mass is 16.6. The van der Waals surface area contributed by atoms with E-state index in [1.54, 1.807) is 0 Å². The molecule has 0 spiro atoms. The maximum absolute atomic E-state index is 10.3. The predicted octanol–water partition coefficient (Wildman–Crippen LogP) is 1.56. The Morgan fingerprint density at radius 3 is 2.75 bits per heavy atom. The number of carboxylic acids is 1. The number of aliphatic carboxylic acids is 1. The lowest BCUT2D eigenvalue weighted by atomic mass is 10.2. The fourth-order valence-corrected chi connectivity index (χ4v) is 1.20. The Balaban J connectivity index is 1.89. The molecule has 1 aromatic rings. The maximum atomic E-state index is 10.3. The lowest BCUT2D eigenvalue weighted by Crippen LogP contribution is -2.03. The monoisotopic (exact) mass is 220 g/mol. The van der Waals surface area contributed by atoms with Gasteiger partial charge in [-0.25, -0.2) is 4.79 Å². The zero-order valence-electron chi connectivity index (χ0n) is 8.63. The average molecular weight is 220 g/mol. The largest absolute Gasteiger partial charge is 0.491 e. The van der Waals surface area contributed by atoms with Crippen LogP contribution in [0.4, 0.5) is 0 Å². The van der Waals surface area contributed by atoms with Crippen molar-refractivity contribution in [2.24, 2.45) is 0 Å². The predicted molar refractivity (Wildman–Crippen MR) is 58.3 cm³/mol. The van der Waals surface area contributed by atoms with E-state index >= 15 is 0 Å². The van der Waals surface area contributed by atoms with Gasteiger partial charge >= 0.3 is 5.97 Å². The van der Waals surface area contributed by atoms with E-state index in [9.17, 15) is 4.79 Å². The first kappa shape index (κ1) is 10.7. The molecule has 2 rings (SSSR count). The molecular formula is C12H12O4. The van der Waals surface area contributed by atoms with Gasteiger partial charge in [0.25, 0.3) is 0 Å². The molecule has 0 aliphatic carbocycles. The van der Waals surface area contributed by atoms with Crippen molar-refractivity contribution in [3.05, 3.63) is 35.9 Å². The van der Waals surface area contributed by atoms with Crippen molar-refractivity contribution in [3.63, 3.8) is 0 Å². The van der Waals surface area contributed by atoms with Gasteiger partial charge in [0.2, 0.25) is 0 Å². The second kappa shape index (κ2) is 4.81. The Bertz CT molecular complexity index is 390. The highest BCUT2D eigenvalue weighted by molar-refractivity contribution is 5.85. The van der Waals surface area contributed by atoms with Crippen molar-refractivity contribution < 1.29 is 19.4 Å². The molecule has 1 aliphatic heterocycles. The van der Waals surface area contributed by atoms with Gasteiger partial charge in [-0.15, -0.1) is 0 Å². The minimum absolute atomic E-state index is 0.242. The van der Waals surface area contributed by atoms with Crippen molar-refractivity contribution in [2.45, 2.75) is 6.10 Å². The normalized spacial score (nSPS) is 18.6. The summed E-state index contributed by atoms with van der Waals surface area (Å²) >= 11 is 0. The van der Waals surface area contributed by atoms with Crippen LogP contribution in [0, 0.1) is 0 Å². The van der Waals surface area contributed by atoms with Crippen LogP contribution in [0.15, 0.2) is 30.3 Å². The van der Waals surface area contributed by atoms with Crippen molar-refractivity contribution >= 4 is 12.0 Å². The number of carboxylic acid groups (broad SMARTS) is 1. The van der Waals surface area contributed by atoms with Gasteiger partial charge in [0.05, 0.1) is 6.61 Å². The molecule has 1 unspecified atom stereocenters. The molecule has 0 saturated carbocycles. The topological polar surface area (TPSA) is 59.1 Å². The Morgan fingerprint density at radius 1 is 1.50 bits per heavy atom. The summed E-state index contributed by atoms with van der Waals surface area (Å²) in [7, 11) is 0. The average Bonchev–Trinajstić information content (AvgIpc) is 3.09. The second-order valence-corrected chi connectivity index (χ2v) is 3.51. The number of carbonyl (C=O) groups is 1. The third-order valence-corrected chi connectivity index (χ3v) is 2.14. The zero-order valence-corrected chi connectivity index (χ0v) is 8.63. The van der Waals surface area contributed by atoms with Gasteiger partial charge in [0.1, 0.15) is 18.5 Å². The second-order valence-electron chi connectivity index (χ2n) is 3.51. The van der Waals surface area contributed by atoms with Gasteiger partial charge < -0.3 is 14.6 Å². The molecule has 4 heteroatoms. The van der Waals surface area contributed by atoms with Gasteiger partial charge in [0.15, 0.2) is 0 Å². The number of rotatable bonds is 5. The SMILES string of the molecule is O=C(O)/C=C/c1ccc(OCC2CO2)cc1. The molecule has 1 heterocycles. The molecule has 1 aliphatic rings. The lowest BCUT2D eigenvalue weighted by Gasteiger charge is -2.03. The molecule has 1 atom stereocenters. The third kappa shape index (κ3) is 3.40. The minimum atomic E-state index is -0.953. The highest BCUT2D eigenvalue weighted by Crippen LogP contribution is 2.16. The summed E-state index contributed by atoms with van der Waals surface area (Å²) in [6, 6.07) is 7.23. The van der Waals surface area contributed by atoms with Crippen LogP contribution >= 0.6 is 0 Å². The van der Waals surface area contributed by atoms with Crippen molar-refractivity contribution in [3.8, 4) is 5.75 Å². The summed E-state index contributed by atoms with van der Waals surface area (Å²) in [5.74, 6) is -0.186. The molecule has 16 heavy (non-hydrogen) atoms. The van der Waals surface area contributed by atoms with Crippen molar-refractivity contribution in [2.75, 3.05) is 13.2 Å². The van der Waals surface area contributed by atoms with Crippen LogP contribution in [0.2, 0.25) is 0 Å². The first-order valence-electron chi connectivity index (χ1n) is 4.99.